The average Bonchev–Trinajstić information content (AvgIpc) is 3.04. The molecule has 2 rings (SSSR count). The summed E-state index contributed by atoms with van der Waals surface area (Å²) in [5, 5.41) is 5.63. The van der Waals surface area contributed by atoms with Crippen LogP contribution in [0, 0.1) is 11.8 Å². The Morgan fingerprint density at radius 1 is 1.28 bits per heavy atom. The van der Waals surface area contributed by atoms with E-state index in [0.717, 1.165) is 17.7 Å². The maximum atomic E-state index is 11.6. The van der Waals surface area contributed by atoms with Gasteiger partial charge in [-0.2, -0.15) is 0 Å². The van der Waals surface area contributed by atoms with Crippen molar-refractivity contribution in [2.75, 3.05) is 5.32 Å². The second-order valence-corrected chi connectivity index (χ2v) is 4.92. The Balaban J connectivity index is 1.82. The number of amides is 2. The van der Waals surface area contributed by atoms with Crippen LogP contribution in [0.15, 0.2) is 24.3 Å². The summed E-state index contributed by atoms with van der Waals surface area (Å²) in [5.41, 5.74) is 1.80. The molecule has 0 bridgehead atoms. The Hall–Kier alpha value is -1.84. The van der Waals surface area contributed by atoms with Gasteiger partial charge < -0.3 is 10.6 Å². The van der Waals surface area contributed by atoms with Crippen LogP contribution in [0.25, 0.3) is 0 Å². The zero-order chi connectivity index (χ0) is 13.1. The van der Waals surface area contributed by atoms with Crippen molar-refractivity contribution in [2.24, 2.45) is 11.8 Å². The minimum Gasteiger partial charge on any atom is -0.352 e. The minimum absolute atomic E-state index is 0.0845. The molecule has 4 heteroatoms. The van der Waals surface area contributed by atoms with Crippen LogP contribution in [-0.2, 0) is 16.1 Å². The van der Waals surface area contributed by atoms with Gasteiger partial charge in [-0.1, -0.05) is 19.1 Å². The lowest BCUT2D eigenvalue weighted by molar-refractivity contribution is -0.122. The molecule has 96 valence electrons. The molecule has 0 heterocycles. The molecule has 0 spiro atoms. The van der Waals surface area contributed by atoms with Gasteiger partial charge in [0, 0.05) is 25.1 Å². The fourth-order valence-corrected chi connectivity index (χ4v) is 1.92. The zero-order valence-electron chi connectivity index (χ0n) is 10.7. The van der Waals surface area contributed by atoms with Gasteiger partial charge in [0.25, 0.3) is 0 Å². The third-order valence-corrected chi connectivity index (χ3v) is 3.19. The molecule has 2 amide bonds. The number of anilines is 1. The van der Waals surface area contributed by atoms with Crippen LogP contribution in [0.1, 0.15) is 25.8 Å². The molecule has 1 aliphatic carbocycles. The number of nitrogens with one attached hydrogen (secondary N) is 2. The highest BCUT2D eigenvalue weighted by Crippen LogP contribution is 2.37. The molecule has 0 aromatic heterocycles. The molecule has 0 radical (unpaired) electrons. The van der Waals surface area contributed by atoms with Crippen molar-refractivity contribution < 1.29 is 9.59 Å². The van der Waals surface area contributed by atoms with Gasteiger partial charge in [0.1, 0.15) is 0 Å². The Labute approximate surface area is 107 Å². The predicted molar refractivity (Wildman–Crippen MR) is 69.9 cm³/mol. The van der Waals surface area contributed by atoms with Gasteiger partial charge in [0.2, 0.25) is 11.8 Å². The quantitative estimate of drug-likeness (QED) is 0.852. The van der Waals surface area contributed by atoms with Crippen LogP contribution in [0.2, 0.25) is 0 Å². The molecule has 1 fully saturated rings. The van der Waals surface area contributed by atoms with Gasteiger partial charge in [0.05, 0.1) is 0 Å². The molecule has 18 heavy (non-hydrogen) atoms. The number of carbonyl (C=O) groups is 2. The van der Waals surface area contributed by atoms with Crippen molar-refractivity contribution in [3.63, 3.8) is 0 Å². The van der Waals surface area contributed by atoms with Crippen LogP contribution in [0.5, 0.6) is 0 Å². The van der Waals surface area contributed by atoms with E-state index in [9.17, 15) is 9.59 Å². The largest absolute Gasteiger partial charge is 0.352 e. The van der Waals surface area contributed by atoms with Gasteiger partial charge >= 0.3 is 0 Å². The maximum Gasteiger partial charge on any atom is 0.223 e. The van der Waals surface area contributed by atoms with E-state index in [-0.39, 0.29) is 17.7 Å². The highest BCUT2D eigenvalue weighted by molar-refractivity contribution is 5.88. The summed E-state index contributed by atoms with van der Waals surface area (Å²) in [7, 11) is 0. The van der Waals surface area contributed by atoms with E-state index in [1.165, 1.54) is 6.92 Å². The van der Waals surface area contributed by atoms with Crippen LogP contribution < -0.4 is 10.6 Å². The molecule has 1 aliphatic rings. The highest BCUT2D eigenvalue weighted by atomic mass is 16.2. The predicted octanol–water partition coefficient (Wildman–Crippen LogP) is 1.92. The Bertz CT molecular complexity index is 453. The van der Waals surface area contributed by atoms with E-state index in [2.05, 4.69) is 17.6 Å². The van der Waals surface area contributed by atoms with Crippen molar-refractivity contribution in [1.82, 2.24) is 5.32 Å². The summed E-state index contributed by atoms with van der Waals surface area (Å²) in [4.78, 5) is 22.5. The van der Waals surface area contributed by atoms with Crippen LogP contribution >= 0.6 is 0 Å². The highest BCUT2D eigenvalue weighted by Gasteiger charge is 2.38. The number of rotatable bonds is 4. The summed E-state index contributed by atoms with van der Waals surface area (Å²) in [6.07, 6.45) is 1.01. The van der Waals surface area contributed by atoms with E-state index in [4.69, 9.17) is 0 Å². The van der Waals surface area contributed by atoms with E-state index >= 15 is 0 Å². The molecule has 4 nitrogen and oxygen atoms in total. The second kappa shape index (κ2) is 5.21. The fraction of sp³-hybridized carbons (Fsp3) is 0.429. The van der Waals surface area contributed by atoms with E-state index in [1.807, 2.05) is 24.3 Å². The molecular weight excluding hydrogens is 228 g/mol. The number of benzene rings is 1. The second-order valence-electron chi connectivity index (χ2n) is 4.92. The summed E-state index contributed by atoms with van der Waals surface area (Å²) in [5.74, 6) is 0.808. The number of hydrogen-bond acceptors (Lipinski definition) is 2. The third-order valence-electron chi connectivity index (χ3n) is 3.19. The molecule has 0 saturated heterocycles. The molecule has 1 aromatic carbocycles. The Kier molecular flexibility index (Phi) is 3.65. The molecule has 2 N–H and O–H groups in total. The first-order valence-corrected chi connectivity index (χ1v) is 6.20. The Morgan fingerprint density at radius 2 is 1.89 bits per heavy atom. The monoisotopic (exact) mass is 246 g/mol. The zero-order valence-corrected chi connectivity index (χ0v) is 10.7. The van der Waals surface area contributed by atoms with Crippen molar-refractivity contribution >= 4 is 17.5 Å². The lowest BCUT2D eigenvalue weighted by Gasteiger charge is -2.06. The molecular formula is C14H18N2O2. The van der Waals surface area contributed by atoms with E-state index < -0.39 is 0 Å². The first-order chi connectivity index (χ1) is 8.56. The fourth-order valence-electron chi connectivity index (χ4n) is 1.92. The van der Waals surface area contributed by atoms with Crippen molar-refractivity contribution in [3.8, 4) is 0 Å². The van der Waals surface area contributed by atoms with Crippen LogP contribution in [0.3, 0.4) is 0 Å². The van der Waals surface area contributed by atoms with Crippen molar-refractivity contribution in [2.45, 2.75) is 26.8 Å². The first kappa shape index (κ1) is 12.6. The smallest absolute Gasteiger partial charge is 0.223 e. The molecule has 1 saturated carbocycles. The molecule has 0 aliphatic heterocycles. The van der Waals surface area contributed by atoms with Crippen LogP contribution in [0.4, 0.5) is 5.69 Å². The maximum absolute atomic E-state index is 11.6. The lowest BCUT2D eigenvalue weighted by atomic mass is 10.2. The van der Waals surface area contributed by atoms with E-state index in [1.54, 1.807) is 0 Å². The van der Waals surface area contributed by atoms with Crippen molar-refractivity contribution in [3.05, 3.63) is 29.8 Å². The summed E-state index contributed by atoms with van der Waals surface area (Å²) in [6.45, 7) is 4.11. The SMILES string of the molecule is CC(=O)Nc1ccc(CNC(=O)[C@@H]2C[C@@H]2C)cc1. The minimum atomic E-state index is -0.0845. The van der Waals surface area contributed by atoms with Gasteiger partial charge in [-0.3, -0.25) is 9.59 Å². The van der Waals surface area contributed by atoms with Gasteiger partial charge in [-0.15, -0.1) is 0 Å². The molecule has 1 aromatic rings. The summed E-state index contributed by atoms with van der Waals surface area (Å²) < 4.78 is 0. The van der Waals surface area contributed by atoms with Crippen molar-refractivity contribution in [1.29, 1.82) is 0 Å². The summed E-state index contributed by atoms with van der Waals surface area (Å²) in [6, 6.07) is 7.48. The Morgan fingerprint density at radius 3 is 2.39 bits per heavy atom. The van der Waals surface area contributed by atoms with Gasteiger partial charge in [-0.25, -0.2) is 0 Å². The average molecular weight is 246 g/mol. The third kappa shape index (κ3) is 3.32. The number of hydrogen-bond donors (Lipinski definition) is 2. The van der Waals surface area contributed by atoms with Gasteiger partial charge in [0.15, 0.2) is 0 Å². The first-order valence-electron chi connectivity index (χ1n) is 6.20. The van der Waals surface area contributed by atoms with E-state index in [0.29, 0.717) is 12.5 Å². The van der Waals surface area contributed by atoms with Crippen LogP contribution in [-0.4, -0.2) is 11.8 Å². The number of carbonyl (C=O) groups excluding carboxylic acids is 2. The summed E-state index contributed by atoms with van der Waals surface area (Å²) >= 11 is 0. The van der Waals surface area contributed by atoms with Gasteiger partial charge in [-0.05, 0) is 30.0 Å². The lowest BCUT2D eigenvalue weighted by Crippen LogP contribution is -2.24. The molecule has 2 atom stereocenters. The standard InChI is InChI=1S/C14H18N2O2/c1-9-7-13(9)14(18)15-8-11-3-5-12(6-4-11)16-10(2)17/h3-6,9,13H,7-8H2,1-2H3,(H,15,18)(H,16,17)/t9-,13+/m0/s1. The normalized spacial score (nSPS) is 21.2. The molecule has 0 unspecified atom stereocenters. The topological polar surface area (TPSA) is 58.2 Å².